The van der Waals surface area contributed by atoms with Crippen LogP contribution in [0, 0.1) is 0 Å². The van der Waals surface area contributed by atoms with E-state index < -0.39 is 0 Å². The molecular weight excluding hydrogens is 330 g/mol. The number of hydrogen-bond donors (Lipinski definition) is 2. The van der Waals surface area contributed by atoms with E-state index in [9.17, 15) is 0 Å². The van der Waals surface area contributed by atoms with Crippen LogP contribution in [0.5, 0.6) is 0 Å². The van der Waals surface area contributed by atoms with Crippen LogP contribution in [0.2, 0.25) is 0 Å². The molecule has 3 nitrogen and oxygen atoms in total. The molecular formula is C8H9Br2N3S. The van der Waals surface area contributed by atoms with Crippen molar-refractivity contribution in [1.29, 1.82) is 0 Å². The lowest BCUT2D eigenvalue weighted by Crippen LogP contribution is -2.40. The molecule has 0 unspecified atom stereocenters. The number of thiocarbonyl (C=S) groups is 1. The molecule has 0 aliphatic carbocycles. The van der Waals surface area contributed by atoms with Gasteiger partial charge in [0.05, 0.1) is 6.54 Å². The third-order valence-electron chi connectivity index (χ3n) is 1.67. The summed E-state index contributed by atoms with van der Waals surface area (Å²) in [6.07, 6.45) is 0. The van der Waals surface area contributed by atoms with Gasteiger partial charge in [-0.2, -0.15) is 0 Å². The van der Waals surface area contributed by atoms with Crippen LogP contribution < -0.4 is 11.6 Å². The summed E-state index contributed by atoms with van der Waals surface area (Å²) >= 11 is 11.6. The minimum atomic E-state index is 0.174. The Morgan fingerprint density at radius 3 is 2.29 bits per heavy atom. The Labute approximate surface area is 105 Å². The SMILES string of the molecule is NC(=S)N(N)Cc1c(Br)cccc1Br. The molecule has 1 aromatic carbocycles. The summed E-state index contributed by atoms with van der Waals surface area (Å²) in [5.41, 5.74) is 6.40. The van der Waals surface area contributed by atoms with Gasteiger partial charge in [0.2, 0.25) is 0 Å². The van der Waals surface area contributed by atoms with Crippen molar-refractivity contribution in [3.05, 3.63) is 32.7 Å². The predicted molar refractivity (Wildman–Crippen MR) is 68.4 cm³/mol. The maximum absolute atomic E-state index is 5.61. The molecule has 76 valence electrons. The fraction of sp³-hybridized carbons (Fsp3) is 0.125. The molecule has 1 aromatic rings. The average molecular weight is 339 g/mol. The summed E-state index contributed by atoms with van der Waals surface area (Å²) in [7, 11) is 0. The summed E-state index contributed by atoms with van der Waals surface area (Å²) in [6, 6.07) is 5.81. The fourth-order valence-corrected chi connectivity index (χ4v) is 2.25. The third-order valence-corrected chi connectivity index (χ3v) is 3.39. The van der Waals surface area contributed by atoms with E-state index >= 15 is 0 Å². The van der Waals surface area contributed by atoms with E-state index in [1.165, 1.54) is 5.01 Å². The van der Waals surface area contributed by atoms with Gasteiger partial charge in [-0.1, -0.05) is 37.9 Å². The molecule has 6 heteroatoms. The van der Waals surface area contributed by atoms with E-state index in [1.807, 2.05) is 18.2 Å². The van der Waals surface area contributed by atoms with Gasteiger partial charge in [-0.05, 0) is 24.4 Å². The highest BCUT2D eigenvalue weighted by Gasteiger charge is 2.08. The number of halogens is 2. The van der Waals surface area contributed by atoms with Gasteiger partial charge in [0.1, 0.15) is 0 Å². The minimum Gasteiger partial charge on any atom is -0.375 e. The van der Waals surface area contributed by atoms with Crippen molar-refractivity contribution < 1.29 is 0 Å². The second kappa shape index (κ2) is 5.06. The van der Waals surface area contributed by atoms with E-state index in [-0.39, 0.29) is 5.11 Å². The monoisotopic (exact) mass is 337 g/mol. The molecule has 0 amide bonds. The van der Waals surface area contributed by atoms with Crippen molar-refractivity contribution in [2.75, 3.05) is 0 Å². The second-order valence-corrected chi connectivity index (χ2v) is 4.79. The summed E-state index contributed by atoms with van der Waals surface area (Å²) in [5.74, 6) is 5.61. The van der Waals surface area contributed by atoms with Crippen LogP contribution >= 0.6 is 44.1 Å². The average Bonchev–Trinajstić information content (AvgIpc) is 2.11. The lowest BCUT2D eigenvalue weighted by atomic mass is 10.2. The van der Waals surface area contributed by atoms with Crippen molar-refractivity contribution >= 4 is 49.2 Å². The molecule has 0 fully saturated rings. The van der Waals surface area contributed by atoms with Gasteiger partial charge in [0.25, 0.3) is 0 Å². The van der Waals surface area contributed by atoms with Gasteiger partial charge in [-0.3, -0.25) is 5.01 Å². The standard InChI is InChI=1S/C8H9Br2N3S/c9-6-2-1-3-7(10)5(6)4-13(12)8(11)14/h1-3H,4,12H2,(H2,11,14). The van der Waals surface area contributed by atoms with Crippen LogP contribution in [0.4, 0.5) is 0 Å². The third kappa shape index (κ3) is 2.91. The molecule has 0 aromatic heterocycles. The minimum absolute atomic E-state index is 0.174. The molecule has 0 saturated carbocycles. The summed E-state index contributed by atoms with van der Waals surface area (Å²) in [6.45, 7) is 0.470. The predicted octanol–water partition coefficient (Wildman–Crippen LogP) is 2.13. The number of benzene rings is 1. The molecule has 0 saturated heterocycles. The first-order valence-electron chi connectivity index (χ1n) is 3.77. The lowest BCUT2D eigenvalue weighted by molar-refractivity contribution is 0.435. The van der Waals surface area contributed by atoms with Crippen molar-refractivity contribution in [3.63, 3.8) is 0 Å². The van der Waals surface area contributed by atoms with Gasteiger partial charge in [0.15, 0.2) is 5.11 Å². The zero-order valence-electron chi connectivity index (χ0n) is 7.21. The maximum Gasteiger partial charge on any atom is 0.180 e. The van der Waals surface area contributed by atoms with E-state index in [4.69, 9.17) is 23.8 Å². The first-order chi connectivity index (χ1) is 6.52. The smallest absolute Gasteiger partial charge is 0.180 e. The van der Waals surface area contributed by atoms with Crippen molar-refractivity contribution in [2.24, 2.45) is 11.6 Å². The van der Waals surface area contributed by atoms with E-state index in [0.29, 0.717) is 6.54 Å². The van der Waals surface area contributed by atoms with Gasteiger partial charge in [-0.15, -0.1) is 0 Å². The van der Waals surface area contributed by atoms with Gasteiger partial charge < -0.3 is 5.73 Å². The van der Waals surface area contributed by atoms with Gasteiger partial charge in [-0.25, -0.2) is 5.84 Å². The zero-order valence-corrected chi connectivity index (χ0v) is 11.2. The molecule has 0 bridgehead atoms. The highest BCUT2D eigenvalue weighted by Crippen LogP contribution is 2.25. The lowest BCUT2D eigenvalue weighted by Gasteiger charge is -2.17. The number of nitrogens with two attached hydrogens (primary N) is 2. The number of rotatable bonds is 2. The Morgan fingerprint density at radius 1 is 1.36 bits per heavy atom. The molecule has 0 spiro atoms. The van der Waals surface area contributed by atoms with E-state index in [2.05, 4.69) is 31.9 Å². The number of hydrogen-bond acceptors (Lipinski definition) is 2. The molecule has 1 rings (SSSR count). The first kappa shape index (κ1) is 11.9. The topological polar surface area (TPSA) is 55.3 Å². The highest BCUT2D eigenvalue weighted by atomic mass is 79.9. The van der Waals surface area contributed by atoms with Crippen LogP contribution in [0.25, 0.3) is 0 Å². The molecule has 0 atom stereocenters. The Hall–Kier alpha value is -0.170. The molecule has 0 heterocycles. The van der Waals surface area contributed by atoms with Crippen LogP contribution in [0.15, 0.2) is 27.1 Å². The normalized spacial score (nSPS) is 9.93. The van der Waals surface area contributed by atoms with E-state index in [0.717, 1.165) is 14.5 Å². The number of nitrogens with zero attached hydrogens (tertiary/aromatic N) is 1. The molecule has 0 radical (unpaired) electrons. The Bertz CT molecular complexity index is 336. The summed E-state index contributed by atoms with van der Waals surface area (Å²) in [4.78, 5) is 0. The van der Waals surface area contributed by atoms with Crippen LogP contribution in [0.1, 0.15) is 5.56 Å². The Kier molecular flexibility index (Phi) is 4.31. The molecule has 0 aliphatic rings. The van der Waals surface area contributed by atoms with Crippen molar-refractivity contribution in [2.45, 2.75) is 6.54 Å². The fourth-order valence-electron chi connectivity index (χ4n) is 0.932. The Balaban J connectivity index is 2.91. The van der Waals surface area contributed by atoms with E-state index in [1.54, 1.807) is 0 Å². The molecule has 0 aliphatic heterocycles. The Morgan fingerprint density at radius 2 is 1.86 bits per heavy atom. The van der Waals surface area contributed by atoms with Crippen molar-refractivity contribution in [1.82, 2.24) is 5.01 Å². The van der Waals surface area contributed by atoms with Gasteiger partial charge in [0, 0.05) is 14.5 Å². The van der Waals surface area contributed by atoms with Gasteiger partial charge >= 0.3 is 0 Å². The zero-order chi connectivity index (χ0) is 10.7. The number of hydrazine groups is 1. The second-order valence-electron chi connectivity index (χ2n) is 2.67. The maximum atomic E-state index is 5.61. The van der Waals surface area contributed by atoms with Crippen molar-refractivity contribution in [3.8, 4) is 0 Å². The quantitative estimate of drug-likeness (QED) is 0.493. The van der Waals surface area contributed by atoms with Crippen LogP contribution in [0.3, 0.4) is 0 Å². The van der Waals surface area contributed by atoms with Crippen LogP contribution in [-0.4, -0.2) is 10.1 Å². The largest absolute Gasteiger partial charge is 0.375 e. The highest BCUT2D eigenvalue weighted by molar-refractivity contribution is 9.11. The summed E-state index contributed by atoms with van der Waals surface area (Å²) in [5, 5.41) is 1.49. The molecule has 14 heavy (non-hydrogen) atoms. The van der Waals surface area contributed by atoms with Crippen LogP contribution in [-0.2, 0) is 6.54 Å². The first-order valence-corrected chi connectivity index (χ1v) is 5.76. The molecule has 4 N–H and O–H groups in total. The summed E-state index contributed by atoms with van der Waals surface area (Å²) < 4.78 is 1.94.